The second-order valence-electron chi connectivity index (χ2n) is 5.02. The number of rotatable bonds is 7. The van der Waals surface area contributed by atoms with E-state index in [2.05, 4.69) is 60.0 Å². The molecule has 0 aliphatic rings. The minimum atomic E-state index is 0.721. The first kappa shape index (κ1) is 15.2. The third-order valence-corrected chi connectivity index (χ3v) is 4.72. The first-order chi connectivity index (χ1) is 8.06. The molecule has 3 heteroatoms. The quantitative estimate of drug-likeness (QED) is 0.671. The molecule has 0 amide bonds. The number of hydrogen-bond acceptors (Lipinski definition) is 2. The predicted molar refractivity (Wildman–Crippen MR) is 81.6 cm³/mol. The van der Waals surface area contributed by atoms with Crippen LogP contribution in [0.1, 0.15) is 45.4 Å². The molecule has 0 atom stereocenters. The van der Waals surface area contributed by atoms with E-state index in [-0.39, 0.29) is 0 Å². The van der Waals surface area contributed by atoms with Crippen LogP contribution in [-0.4, -0.2) is 17.5 Å². The zero-order chi connectivity index (χ0) is 12.8. The van der Waals surface area contributed by atoms with Gasteiger partial charge in [-0.3, -0.25) is 4.90 Å². The van der Waals surface area contributed by atoms with Crippen LogP contribution in [0.2, 0.25) is 0 Å². The molecular formula is C14H24BrNS. The molecule has 17 heavy (non-hydrogen) atoms. The van der Waals surface area contributed by atoms with Gasteiger partial charge in [-0.05, 0) is 40.8 Å². The molecule has 98 valence electrons. The second kappa shape index (κ2) is 7.55. The van der Waals surface area contributed by atoms with Crippen molar-refractivity contribution < 1.29 is 0 Å². The highest BCUT2D eigenvalue weighted by Crippen LogP contribution is 2.23. The van der Waals surface area contributed by atoms with E-state index in [1.54, 1.807) is 0 Å². The summed E-state index contributed by atoms with van der Waals surface area (Å²) in [5.41, 5.74) is 0. The molecule has 0 spiro atoms. The van der Waals surface area contributed by atoms with E-state index < -0.39 is 0 Å². The third kappa shape index (κ3) is 5.11. The molecular weight excluding hydrogens is 294 g/mol. The highest BCUT2D eigenvalue weighted by atomic mass is 79.9. The van der Waals surface area contributed by atoms with Crippen LogP contribution in [0.5, 0.6) is 0 Å². The van der Waals surface area contributed by atoms with Gasteiger partial charge in [-0.1, -0.05) is 27.7 Å². The number of thiophene rings is 1. The first-order valence-electron chi connectivity index (χ1n) is 6.53. The fourth-order valence-electron chi connectivity index (χ4n) is 2.25. The van der Waals surface area contributed by atoms with Crippen LogP contribution in [0.3, 0.4) is 0 Å². The standard InChI is InChI=1S/C14H24BrNS/c1-5-13(6-2)16(8-11(3)4)9-14-7-12(15)10-17-14/h7,10-11,13H,5-6,8-9H2,1-4H3. The molecule has 1 aromatic rings. The van der Waals surface area contributed by atoms with Crippen LogP contribution in [0.4, 0.5) is 0 Å². The van der Waals surface area contributed by atoms with Crippen molar-refractivity contribution in [1.29, 1.82) is 0 Å². The van der Waals surface area contributed by atoms with Crippen molar-refractivity contribution in [2.75, 3.05) is 6.54 Å². The number of hydrogen-bond donors (Lipinski definition) is 0. The van der Waals surface area contributed by atoms with Gasteiger partial charge in [0.2, 0.25) is 0 Å². The van der Waals surface area contributed by atoms with Crippen LogP contribution in [0, 0.1) is 5.92 Å². The molecule has 0 bridgehead atoms. The van der Waals surface area contributed by atoms with Crippen molar-refractivity contribution >= 4 is 27.3 Å². The van der Waals surface area contributed by atoms with Gasteiger partial charge >= 0.3 is 0 Å². The van der Waals surface area contributed by atoms with Crippen LogP contribution in [-0.2, 0) is 6.54 Å². The summed E-state index contributed by atoms with van der Waals surface area (Å²) in [5.74, 6) is 0.735. The summed E-state index contributed by atoms with van der Waals surface area (Å²) in [6, 6.07) is 2.97. The Morgan fingerprint density at radius 3 is 2.35 bits per heavy atom. The SMILES string of the molecule is CCC(CC)N(Cc1cc(Br)cs1)CC(C)C. The normalized spacial score (nSPS) is 12.0. The zero-order valence-corrected chi connectivity index (χ0v) is 13.8. The van der Waals surface area contributed by atoms with Gasteiger partial charge < -0.3 is 0 Å². The Kier molecular flexibility index (Phi) is 6.75. The Morgan fingerprint density at radius 1 is 1.29 bits per heavy atom. The van der Waals surface area contributed by atoms with Crippen LogP contribution in [0.25, 0.3) is 0 Å². The molecule has 1 aromatic heterocycles. The summed E-state index contributed by atoms with van der Waals surface area (Å²) < 4.78 is 1.21. The maximum atomic E-state index is 3.54. The molecule has 0 saturated heterocycles. The fraction of sp³-hybridized carbons (Fsp3) is 0.714. The van der Waals surface area contributed by atoms with Crippen LogP contribution >= 0.6 is 27.3 Å². The Hall–Kier alpha value is 0.140. The van der Waals surface area contributed by atoms with E-state index >= 15 is 0 Å². The van der Waals surface area contributed by atoms with E-state index in [0.29, 0.717) is 0 Å². The van der Waals surface area contributed by atoms with Gasteiger partial charge in [-0.15, -0.1) is 11.3 Å². The van der Waals surface area contributed by atoms with Crippen LogP contribution < -0.4 is 0 Å². The Labute approximate surface area is 118 Å². The Bertz CT molecular complexity index is 318. The van der Waals surface area contributed by atoms with E-state index in [1.165, 1.54) is 28.7 Å². The first-order valence-corrected chi connectivity index (χ1v) is 8.21. The van der Waals surface area contributed by atoms with Gasteiger partial charge in [-0.25, -0.2) is 0 Å². The van der Waals surface area contributed by atoms with Crippen molar-refractivity contribution in [1.82, 2.24) is 4.90 Å². The molecule has 1 rings (SSSR count). The van der Waals surface area contributed by atoms with Gasteiger partial charge in [0.05, 0.1) is 0 Å². The van der Waals surface area contributed by atoms with Crippen molar-refractivity contribution in [2.24, 2.45) is 5.92 Å². The summed E-state index contributed by atoms with van der Waals surface area (Å²) in [7, 11) is 0. The lowest BCUT2D eigenvalue weighted by atomic mass is 10.1. The minimum absolute atomic E-state index is 0.721. The van der Waals surface area contributed by atoms with Gasteiger partial charge in [-0.2, -0.15) is 0 Å². The molecule has 1 nitrogen and oxygen atoms in total. The van der Waals surface area contributed by atoms with E-state index in [9.17, 15) is 0 Å². The van der Waals surface area contributed by atoms with Crippen molar-refractivity contribution in [3.8, 4) is 0 Å². The Morgan fingerprint density at radius 2 is 1.94 bits per heavy atom. The number of nitrogens with zero attached hydrogens (tertiary/aromatic N) is 1. The predicted octanol–water partition coefficient (Wildman–Crippen LogP) is 5.16. The molecule has 0 saturated carbocycles. The number of halogens is 1. The van der Waals surface area contributed by atoms with Crippen molar-refractivity contribution in [2.45, 2.75) is 53.1 Å². The van der Waals surface area contributed by atoms with Gasteiger partial charge in [0, 0.05) is 33.9 Å². The minimum Gasteiger partial charge on any atom is -0.295 e. The average molecular weight is 318 g/mol. The molecule has 1 heterocycles. The van der Waals surface area contributed by atoms with E-state index in [1.807, 2.05) is 11.3 Å². The van der Waals surface area contributed by atoms with Gasteiger partial charge in [0.25, 0.3) is 0 Å². The van der Waals surface area contributed by atoms with Crippen molar-refractivity contribution in [3.05, 3.63) is 20.8 Å². The summed E-state index contributed by atoms with van der Waals surface area (Å²) in [6.45, 7) is 11.5. The molecule has 0 unspecified atom stereocenters. The second-order valence-corrected chi connectivity index (χ2v) is 6.94. The summed E-state index contributed by atoms with van der Waals surface area (Å²) in [5, 5.41) is 2.18. The molecule has 0 N–H and O–H groups in total. The van der Waals surface area contributed by atoms with Crippen LogP contribution in [0.15, 0.2) is 15.9 Å². The molecule has 0 aromatic carbocycles. The summed E-state index contributed by atoms with van der Waals surface area (Å²) in [4.78, 5) is 4.10. The lowest BCUT2D eigenvalue weighted by Crippen LogP contribution is -2.36. The van der Waals surface area contributed by atoms with Gasteiger partial charge in [0.15, 0.2) is 0 Å². The van der Waals surface area contributed by atoms with E-state index in [4.69, 9.17) is 0 Å². The summed E-state index contributed by atoms with van der Waals surface area (Å²) in [6.07, 6.45) is 2.49. The Balaban J connectivity index is 2.68. The van der Waals surface area contributed by atoms with Crippen molar-refractivity contribution in [3.63, 3.8) is 0 Å². The highest BCUT2D eigenvalue weighted by Gasteiger charge is 2.17. The maximum absolute atomic E-state index is 3.54. The van der Waals surface area contributed by atoms with Gasteiger partial charge in [0.1, 0.15) is 0 Å². The maximum Gasteiger partial charge on any atom is 0.0331 e. The topological polar surface area (TPSA) is 3.24 Å². The summed E-state index contributed by atoms with van der Waals surface area (Å²) >= 11 is 5.39. The monoisotopic (exact) mass is 317 g/mol. The molecule has 0 radical (unpaired) electrons. The largest absolute Gasteiger partial charge is 0.295 e. The highest BCUT2D eigenvalue weighted by molar-refractivity contribution is 9.10. The smallest absolute Gasteiger partial charge is 0.0331 e. The molecule has 0 aliphatic carbocycles. The lowest BCUT2D eigenvalue weighted by molar-refractivity contribution is 0.159. The average Bonchev–Trinajstić information content (AvgIpc) is 2.65. The molecule has 0 aliphatic heterocycles. The third-order valence-electron chi connectivity index (χ3n) is 3.04. The zero-order valence-electron chi connectivity index (χ0n) is 11.4. The van der Waals surface area contributed by atoms with E-state index in [0.717, 1.165) is 18.5 Å². The fourth-order valence-corrected chi connectivity index (χ4v) is 3.73. The molecule has 0 fully saturated rings. The lowest BCUT2D eigenvalue weighted by Gasteiger charge is -2.31.